The van der Waals surface area contributed by atoms with Crippen LogP contribution < -0.4 is 4.90 Å². The Balaban J connectivity index is 1.65. The highest BCUT2D eigenvalue weighted by atomic mass is 15.2. The molecule has 0 bridgehead atoms. The van der Waals surface area contributed by atoms with E-state index in [2.05, 4.69) is 107 Å². The van der Waals surface area contributed by atoms with Crippen molar-refractivity contribution in [3.8, 4) is 0 Å². The fraction of sp³-hybridized carbons (Fsp3) is 0.269. The lowest BCUT2D eigenvalue weighted by atomic mass is 9.98. The Kier molecular flexibility index (Phi) is 5.01. The molecule has 0 spiro atoms. The van der Waals surface area contributed by atoms with Gasteiger partial charge in [0.1, 0.15) is 5.82 Å². The first kappa shape index (κ1) is 18.9. The van der Waals surface area contributed by atoms with Crippen molar-refractivity contribution >= 4 is 16.7 Å². The van der Waals surface area contributed by atoms with Crippen LogP contribution in [0, 0.1) is 6.92 Å². The zero-order valence-corrected chi connectivity index (χ0v) is 17.7. The first-order chi connectivity index (χ1) is 14.7. The molecule has 1 saturated heterocycles. The van der Waals surface area contributed by atoms with Gasteiger partial charge in [0.05, 0.1) is 17.1 Å². The molecule has 152 valence electrons. The molecule has 4 aromatic rings. The van der Waals surface area contributed by atoms with Crippen molar-refractivity contribution in [3.63, 3.8) is 0 Å². The van der Waals surface area contributed by atoms with E-state index < -0.39 is 0 Å². The van der Waals surface area contributed by atoms with E-state index in [1.807, 2.05) is 0 Å². The predicted octanol–water partition coefficient (Wildman–Crippen LogP) is 4.73. The smallest absolute Gasteiger partial charge is 0.107 e. The highest BCUT2D eigenvalue weighted by molar-refractivity contribution is 5.81. The second kappa shape index (κ2) is 7.96. The minimum absolute atomic E-state index is 0.0974. The van der Waals surface area contributed by atoms with Crippen molar-refractivity contribution < 1.29 is 0 Å². The quantitative estimate of drug-likeness (QED) is 0.498. The number of nitrogens with zero attached hydrogens (tertiary/aromatic N) is 4. The number of piperazine rings is 1. The zero-order chi connectivity index (χ0) is 20.5. The molecule has 0 radical (unpaired) electrons. The minimum Gasteiger partial charge on any atom is -0.369 e. The summed E-state index contributed by atoms with van der Waals surface area (Å²) in [6.07, 6.45) is 0. The maximum absolute atomic E-state index is 4.92. The molecule has 0 atom stereocenters. The molecule has 0 saturated carbocycles. The Morgan fingerprint density at radius 3 is 1.97 bits per heavy atom. The number of fused-ring (bicyclic) bond motifs is 1. The molecule has 4 nitrogen and oxygen atoms in total. The van der Waals surface area contributed by atoms with Crippen molar-refractivity contribution in [3.05, 3.63) is 95.8 Å². The molecule has 1 aliphatic heterocycles. The Bertz CT molecular complexity index is 1090. The van der Waals surface area contributed by atoms with Gasteiger partial charge in [-0.05, 0) is 43.3 Å². The van der Waals surface area contributed by atoms with Crippen molar-refractivity contribution in [2.45, 2.75) is 13.0 Å². The van der Waals surface area contributed by atoms with Gasteiger partial charge < -0.3 is 14.4 Å². The van der Waals surface area contributed by atoms with Crippen molar-refractivity contribution in [1.29, 1.82) is 0 Å². The molecule has 5 rings (SSSR count). The van der Waals surface area contributed by atoms with E-state index in [1.54, 1.807) is 0 Å². The topological polar surface area (TPSA) is 24.3 Å². The summed E-state index contributed by atoms with van der Waals surface area (Å²) in [5.41, 5.74) is 6.09. The van der Waals surface area contributed by atoms with Crippen molar-refractivity contribution in [2.75, 3.05) is 38.1 Å². The molecule has 3 aromatic carbocycles. The number of anilines is 1. The van der Waals surface area contributed by atoms with Crippen LogP contribution in [0.3, 0.4) is 0 Å². The molecule has 0 aliphatic carbocycles. The zero-order valence-electron chi connectivity index (χ0n) is 17.7. The lowest BCUT2D eigenvalue weighted by molar-refractivity contribution is 0.313. The van der Waals surface area contributed by atoms with E-state index in [-0.39, 0.29) is 6.04 Å². The third-order valence-corrected chi connectivity index (χ3v) is 6.21. The van der Waals surface area contributed by atoms with Gasteiger partial charge in [-0.15, -0.1) is 0 Å². The second-order valence-corrected chi connectivity index (χ2v) is 8.22. The number of rotatable bonds is 4. The first-order valence-corrected chi connectivity index (χ1v) is 10.7. The van der Waals surface area contributed by atoms with E-state index in [0.717, 1.165) is 37.5 Å². The number of imidazole rings is 1. The fourth-order valence-electron chi connectivity index (χ4n) is 4.55. The molecule has 1 fully saturated rings. The first-order valence-electron chi connectivity index (χ1n) is 10.7. The highest BCUT2D eigenvalue weighted by Gasteiger charge is 2.22. The van der Waals surface area contributed by atoms with Crippen LogP contribution in [0.15, 0.2) is 78.9 Å². The standard InChI is InChI=1S/C26H28N4/c1-20-27-24-14-13-23(29-17-15-28(2)16-18-29)19-25(24)30(20)26(21-9-5-3-6-10-21)22-11-7-4-8-12-22/h3-14,19,26H,15-18H2,1-2H3. The predicted molar refractivity (Wildman–Crippen MR) is 124 cm³/mol. The summed E-state index contributed by atoms with van der Waals surface area (Å²) in [6.45, 7) is 6.46. The van der Waals surface area contributed by atoms with Crippen LogP contribution >= 0.6 is 0 Å². The van der Waals surface area contributed by atoms with E-state index in [1.165, 1.54) is 22.3 Å². The lowest BCUT2D eigenvalue weighted by Gasteiger charge is -2.34. The van der Waals surface area contributed by atoms with Crippen molar-refractivity contribution in [2.24, 2.45) is 0 Å². The Labute approximate surface area is 178 Å². The van der Waals surface area contributed by atoms with Crippen LogP contribution in [-0.4, -0.2) is 47.7 Å². The minimum atomic E-state index is 0.0974. The highest BCUT2D eigenvalue weighted by Crippen LogP contribution is 2.33. The van der Waals surface area contributed by atoms with Gasteiger partial charge in [0.2, 0.25) is 0 Å². The number of hydrogen-bond acceptors (Lipinski definition) is 3. The van der Waals surface area contributed by atoms with Gasteiger partial charge in [0.25, 0.3) is 0 Å². The lowest BCUT2D eigenvalue weighted by Crippen LogP contribution is -2.44. The summed E-state index contributed by atoms with van der Waals surface area (Å²) in [6, 6.07) is 28.3. The average molecular weight is 397 g/mol. The van der Waals surface area contributed by atoms with E-state index in [4.69, 9.17) is 4.98 Å². The number of benzene rings is 3. The molecule has 30 heavy (non-hydrogen) atoms. The van der Waals surface area contributed by atoms with Crippen LogP contribution in [0.1, 0.15) is 23.0 Å². The molecule has 1 aromatic heterocycles. The number of aryl methyl sites for hydroxylation is 1. The third kappa shape index (κ3) is 3.48. The third-order valence-electron chi connectivity index (χ3n) is 6.21. The van der Waals surface area contributed by atoms with E-state index in [9.17, 15) is 0 Å². The fourth-order valence-corrected chi connectivity index (χ4v) is 4.55. The summed E-state index contributed by atoms with van der Waals surface area (Å²) >= 11 is 0. The maximum Gasteiger partial charge on any atom is 0.107 e. The van der Waals surface area contributed by atoms with Crippen LogP contribution in [-0.2, 0) is 0 Å². The van der Waals surface area contributed by atoms with Gasteiger partial charge in [0.15, 0.2) is 0 Å². The summed E-state index contributed by atoms with van der Waals surface area (Å²) in [7, 11) is 2.20. The van der Waals surface area contributed by atoms with Gasteiger partial charge in [-0.1, -0.05) is 60.7 Å². The summed E-state index contributed by atoms with van der Waals surface area (Å²) in [5, 5.41) is 0. The SMILES string of the molecule is Cc1nc2ccc(N3CCN(C)CC3)cc2n1C(c1ccccc1)c1ccccc1. The summed E-state index contributed by atoms with van der Waals surface area (Å²) in [5.74, 6) is 1.04. The molecule has 0 N–H and O–H groups in total. The van der Waals surface area contributed by atoms with Crippen LogP contribution in [0.25, 0.3) is 11.0 Å². The molecule has 4 heteroatoms. The largest absolute Gasteiger partial charge is 0.369 e. The Hall–Kier alpha value is -3.11. The number of hydrogen-bond donors (Lipinski definition) is 0. The van der Waals surface area contributed by atoms with Crippen molar-refractivity contribution in [1.82, 2.24) is 14.5 Å². The molecule has 1 aliphatic rings. The monoisotopic (exact) mass is 396 g/mol. The Morgan fingerprint density at radius 1 is 0.767 bits per heavy atom. The molecular formula is C26H28N4. The van der Waals surface area contributed by atoms with Gasteiger partial charge in [-0.3, -0.25) is 0 Å². The van der Waals surface area contributed by atoms with Crippen LogP contribution in [0.4, 0.5) is 5.69 Å². The molecule has 0 unspecified atom stereocenters. The summed E-state index contributed by atoms with van der Waals surface area (Å²) < 4.78 is 2.40. The normalized spacial score (nSPS) is 15.2. The number of likely N-dealkylation sites (N-methyl/N-ethyl adjacent to an activating group) is 1. The van der Waals surface area contributed by atoms with Crippen LogP contribution in [0.2, 0.25) is 0 Å². The number of aromatic nitrogens is 2. The Morgan fingerprint density at radius 2 is 1.37 bits per heavy atom. The van der Waals surface area contributed by atoms with Gasteiger partial charge >= 0.3 is 0 Å². The van der Waals surface area contributed by atoms with E-state index in [0.29, 0.717) is 0 Å². The maximum atomic E-state index is 4.92. The van der Waals surface area contributed by atoms with Crippen LogP contribution in [0.5, 0.6) is 0 Å². The van der Waals surface area contributed by atoms with Gasteiger partial charge in [-0.25, -0.2) is 4.98 Å². The average Bonchev–Trinajstić information content (AvgIpc) is 3.11. The second-order valence-electron chi connectivity index (χ2n) is 8.22. The van der Waals surface area contributed by atoms with E-state index >= 15 is 0 Å². The summed E-state index contributed by atoms with van der Waals surface area (Å²) in [4.78, 5) is 9.80. The van der Waals surface area contributed by atoms with Gasteiger partial charge in [0, 0.05) is 31.9 Å². The van der Waals surface area contributed by atoms with Gasteiger partial charge in [-0.2, -0.15) is 0 Å². The molecule has 2 heterocycles. The molecule has 0 amide bonds. The molecular weight excluding hydrogens is 368 g/mol.